The Morgan fingerprint density at radius 2 is 1.97 bits per heavy atom. The molecule has 2 aromatic carbocycles. The summed E-state index contributed by atoms with van der Waals surface area (Å²) in [5, 5.41) is 4.29. The van der Waals surface area contributed by atoms with Crippen LogP contribution in [0.5, 0.6) is 11.5 Å². The van der Waals surface area contributed by atoms with Gasteiger partial charge in [-0.3, -0.25) is 0 Å². The van der Waals surface area contributed by atoms with Crippen LogP contribution in [0.2, 0.25) is 0 Å². The first-order chi connectivity index (χ1) is 14.1. The topological polar surface area (TPSA) is 65.5 Å². The first-order valence-electron chi connectivity index (χ1n) is 9.70. The van der Waals surface area contributed by atoms with E-state index in [4.69, 9.17) is 14.2 Å². The monoisotopic (exact) mass is 457 g/mol. The van der Waals surface area contributed by atoms with E-state index in [9.17, 15) is 0 Å². The highest BCUT2D eigenvalue weighted by molar-refractivity contribution is 9.10. The van der Waals surface area contributed by atoms with Gasteiger partial charge < -0.3 is 19.5 Å². The van der Waals surface area contributed by atoms with Gasteiger partial charge >= 0.3 is 0 Å². The number of hydrogen-bond acceptors (Lipinski definition) is 6. The van der Waals surface area contributed by atoms with Crippen LogP contribution in [0.3, 0.4) is 0 Å². The second kappa shape index (κ2) is 8.97. The molecule has 6 nitrogen and oxygen atoms in total. The third-order valence-electron chi connectivity index (χ3n) is 5.18. The highest BCUT2D eigenvalue weighted by atomic mass is 79.9. The van der Waals surface area contributed by atoms with Crippen LogP contribution < -0.4 is 14.8 Å². The number of fused-ring (bicyclic) bond motifs is 1. The molecular weight excluding hydrogens is 434 g/mol. The quantitative estimate of drug-likeness (QED) is 0.544. The van der Waals surface area contributed by atoms with Crippen molar-refractivity contribution in [2.45, 2.75) is 19.8 Å². The maximum absolute atomic E-state index is 6.10. The lowest BCUT2D eigenvalue weighted by Gasteiger charge is -2.22. The van der Waals surface area contributed by atoms with Gasteiger partial charge in [0.15, 0.2) is 11.5 Å². The molecule has 0 bridgehead atoms. The van der Waals surface area contributed by atoms with Gasteiger partial charge in [-0.15, -0.1) is 0 Å². The largest absolute Gasteiger partial charge is 0.493 e. The number of rotatable bonds is 6. The summed E-state index contributed by atoms with van der Waals surface area (Å²) in [6, 6.07) is 9.95. The van der Waals surface area contributed by atoms with E-state index in [0.717, 1.165) is 58.5 Å². The Labute approximate surface area is 178 Å². The average Bonchev–Trinajstić information content (AvgIpc) is 2.74. The highest BCUT2D eigenvalue weighted by Crippen LogP contribution is 2.35. The number of aromatic nitrogens is 2. The zero-order valence-electron chi connectivity index (χ0n) is 16.6. The smallest absolute Gasteiger partial charge is 0.163 e. The van der Waals surface area contributed by atoms with Crippen LogP contribution in [0.15, 0.2) is 41.1 Å². The maximum atomic E-state index is 6.10. The summed E-state index contributed by atoms with van der Waals surface area (Å²) in [6.07, 6.45) is 3.62. The van der Waals surface area contributed by atoms with E-state index < -0.39 is 0 Å². The van der Waals surface area contributed by atoms with Crippen LogP contribution in [0.4, 0.5) is 11.5 Å². The first kappa shape index (κ1) is 19.9. The van der Waals surface area contributed by atoms with E-state index in [1.165, 1.54) is 0 Å². The van der Waals surface area contributed by atoms with Gasteiger partial charge in [0.05, 0.1) is 19.2 Å². The second-order valence-corrected chi connectivity index (χ2v) is 8.11. The molecule has 4 rings (SSSR count). The van der Waals surface area contributed by atoms with Crippen molar-refractivity contribution in [2.24, 2.45) is 5.92 Å². The Bertz CT molecular complexity index is 1010. The number of benzene rings is 2. The SMILES string of the molecule is COc1cc2c(Nc3ccc(Br)cc3C)ncnc2cc1OCC1CCOCC1. The molecule has 29 heavy (non-hydrogen) atoms. The zero-order valence-corrected chi connectivity index (χ0v) is 18.2. The normalized spacial score (nSPS) is 14.7. The second-order valence-electron chi connectivity index (χ2n) is 7.19. The molecule has 3 aromatic rings. The van der Waals surface area contributed by atoms with Crippen molar-refractivity contribution in [1.82, 2.24) is 9.97 Å². The number of nitrogens with one attached hydrogen (secondary N) is 1. The first-order valence-corrected chi connectivity index (χ1v) is 10.5. The third-order valence-corrected chi connectivity index (χ3v) is 5.67. The minimum Gasteiger partial charge on any atom is -0.493 e. The van der Waals surface area contributed by atoms with E-state index >= 15 is 0 Å². The predicted molar refractivity (Wildman–Crippen MR) is 117 cm³/mol. The number of anilines is 2. The number of nitrogens with zero attached hydrogens (tertiary/aromatic N) is 2. The molecular formula is C22H24BrN3O3. The van der Waals surface area contributed by atoms with Crippen molar-refractivity contribution < 1.29 is 14.2 Å². The van der Waals surface area contributed by atoms with E-state index in [0.29, 0.717) is 24.0 Å². The molecule has 1 aromatic heterocycles. The lowest BCUT2D eigenvalue weighted by atomic mass is 10.0. The fourth-order valence-electron chi connectivity index (χ4n) is 3.45. The van der Waals surface area contributed by atoms with Gasteiger partial charge in [-0.25, -0.2) is 9.97 Å². The Hall–Kier alpha value is -2.38. The minimum atomic E-state index is 0.507. The van der Waals surface area contributed by atoms with Gasteiger partial charge in [0.1, 0.15) is 12.1 Å². The Kier molecular flexibility index (Phi) is 6.16. The number of halogens is 1. The van der Waals surface area contributed by atoms with Crippen molar-refractivity contribution in [3.8, 4) is 11.5 Å². The highest BCUT2D eigenvalue weighted by Gasteiger charge is 2.17. The molecule has 1 saturated heterocycles. The van der Waals surface area contributed by atoms with Crippen molar-refractivity contribution in [3.05, 3.63) is 46.7 Å². The molecule has 0 spiro atoms. The summed E-state index contributed by atoms with van der Waals surface area (Å²) in [7, 11) is 1.65. The fraction of sp³-hybridized carbons (Fsp3) is 0.364. The number of methoxy groups -OCH3 is 1. The molecule has 0 atom stereocenters. The molecule has 0 saturated carbocycles. The number of hydrogen-bond donors (Lipinski definition) is 1. The van der Waals surface area contributed by atoms with Crippen LogP contribution >= 0.6 is 15.9 Å². The van der Waals surface area contributed by atoms with Crippen LogP contribution in [0, 0.1) is 12.8 Å². The molecule has 1 N–H and O–H groups in total. The third kappa shape index (κ3) is 4.62. The lowest BCUT2D eigenvalue weighted by Crippen LogP contribution is -2.21. The molecule has 1 aliphatic rings. The predicted octanol–water partition coefficient (Wildman–Crippen LogP) is 5.26. The van der Waals surface area contributed by atoms with E-state index in [2.05, 4.69) is 44.2 Å². The molecule has 0 amide bonds. The van der Waals surface area contributed by atoms with E-state index in [1.807, 2.05) is 24.3 Å². The van der Waals surface area contributed by atoms with Crippen LogP contribution in [0.25, 0.3) is 10.9 Å². The van der Waals surface area contributed by atoms with Gasteiger partial charge in [-0.2, -0.15) is 0 Å². The Balaban J connectivity index is 1.62. The summed E-state index contributed by atoms with van der Waals surface area (Å²) in [6.45, 7) is 4.32. The van der Waals surface area contributed by atoms with Gasteiger partial charge in [-0.05, 0) is 55.5 Å². The van der Waals surface area contributed by atoms with E-state index in [1.54, 1.807) is 13.4 Å². The Morgan fingerprint density at radius 1 is 1.14 bits per heavy atom. The zero-order chi connectivity index (χ0) is 20.2. The van der Waals surface area contributed by atoms with Crippen LogP contribution in [-0.2, 0) is 4.74 Å². The number of aryl methyl sites for hydroxylation is 1. The summed E-state index contributed by atoms with van der Waals surface area (Å²) >= 11 is 3.50. The van der Waals surface area contributed by atoms with Crippen molar-refractivity contribution in [2.75, 3.05) is 32.2 Å². The molecule has 0 aliphatic carbocycles. The summed E-state index contributed by atoms with van der Waals surface area (Å²) in [5.41, 5.74) is 2.92. The molecule has 2 heterocycles. The van der Waals surface area contributed by atoms with Crippen molar-refractivity contribution >= 4 is 38.3 Å². The summed E-state index contributed by atoms with van der Waals surface area (Å²) in [4.78, 5) is 8.88. The molecule has 0 radical (unpaired) electrons. The van der Waals surface area contributed by atoms with Crippen molar-refractivity contribution in [3.63, 3.8) is 0 Å². The van der Waals surface area contributed by atoms with Gasteiger partial charge in [-0.1, -0.05) is 15.9 Å². The van der Waals surface area contributed by atoms with Gasteiger partial charge in [0.25, 0.3) is 0 Å². The molecule has 1 fully saturated rings. The van der Waals surface area contributed by atoms with Gasteiger partial charge in [0, 0.05) is 34.8 Å². The molecule has 152 valence electrons. The summed E-state index contributed by atoms with van der Waals surface area (Å²) < 4.78 is 18.2. The lowest BCUT2D eigenvalue weighted by molar-refractivity contribution is 0.0494. The van der Waals surface area contributed by atoms with Crippen LogP contribution in [0.1, 0.15) is 18.4 Å². The van der Waals surface area contributed by atoms with E-state index in [-0.39, 0.29) is 0 Å². The fourth-order valence-corrected chi connectivity index (χ4v) is 3.93. The van der Waals surface area contributed by atoms with Crippen LogP contribution in [-0.4, -0.2) is 36.9 Å². The minimum absolute atomic E-state index is 0.507. The molecule has 0 unspecified atom stereocenters. The number of ether oxygens (including phenoxy) is 3. The summed E-state index contributed by atoms with van der Waals surface area (Å²) in [5.74, 6) is 2.62. The standard InChI is InChI=1S/C22H24BrN3O3/c1-14-9-16(23)3-4-18(14)26-22-17-10-20(27-2)21(11-19(17)24-13-25-22)29-12-15-5-7-28-8-6-15/h3-4,9-11,13,15H,5-8,12H2,1-2H3,(H,24,25,26). The maximum Gasteiger partial charge on any atom is 0.163 e. The van der Waals surface area contributed by atoms with Gasteiger partial charge in [0.2, 0.25) is 0 Å². The van der Waals surface area contributed by atoms with Crippen molar-refractivity contribution in [1.29, 1.82) is 0 Å². The molecule has 7 heteroatoms. The molecule has 1 aliphatic heterocycles. The average molecular weight is 458 g/mol. The Morgan fingerprint density at radius 3 is 2.72 bits per heavy atom.